The van der Waals surface area contributed by atoms with Gasteiger partial charge in [-0.2, -0.15) is 0 Å². The summed E-state index contributed by atoms with van der Waals surface area (Å²) in [5.74, 6) is -0.308. The molecule has 3 aromatic rings. The van der Waals surface area contributed by atoms with Crippen LogP contribution < -0.4 is 0 Å². The number of carbonyl (C=O) groups excluding carboxylic acids is 2. The topological polar surface area (TPSA) is 140 Å². The van der Waals surface area contributed by atoms with Gasteiger partial charge >= 0.3 is 12.1 Å². The number of nitrogens with zero attached hydrogens (tertiary/aromatic N) is 4. The Hall–Kier alpha value is -3.95. The van der Waals surface area contributed by atoms with Gasteiger partial charge in [-0.1, -0.05) is 30.3 Å². The Kier molecular flexibility index (Phi) is 9.79. The third-order valence-electron chi connectivity index (χ3n) is 7.39. The van der Waals surface area contributed by atoms with E-state index in [1.165, 1.54) is 37.6 Å². The van der Waals surface area contributed by atoms with E-state index < -0.39 is 35.8 Å². The van der Waals surface area contributed by atoms with Crippen LogP contribution in [0.4, 0.5) is 4.79 Å². The van der Waals surface area contributed by atoms with Gasteiger partial charge in [-0.15, -0.1) is 11.3 Å². The van der Waals surface area contributed by atoms with E-state index in [1.54, 1.807) is 38.3 Å². The van der Waals surface area contributed by atoms with Crippen molar-refractivity contribution in [2.75, 3.05) is 41.2 Å². The van der Waals surface area contributed by atoms with Gasteiger partial charge in [0.2, 0.25) is 17.9 Å². The summed E-state index contributed by atoms with van der Waals surface area (Å²) in [5, 5.41) is 2.11. The van der Waals surface area contributed by atoms with Crippen molar-refractivity contribution in [1.82, 2.24) is 14.9 Å². The highest BCUT2D eigenvalue weighted by atomic mass is 32.1. The lowest BCUT2D eigenvalue weighted by Crippen LogP contribution is -2.50. The van der Waals surface area contributed by atoms with E-state index in [9.17, 15) is 9.59 Å². The summed E-state index contributed by atoms with van der Waals surface area (Å²) in [6.07, 6.45) is -1.35. The molecule has 2 aliphatic heterocycles. The zero-order chi connectivity index (χ0) is 32.2. The minimum absolute atomic E-state index is 0.0626. The van der Waals surface area contributed by atoms with Crippen molar-refractivity contribution in [3.8, 4) is 10.6 Å². The van der Waals surface area contributed by atoms with E-state index in [4.69, 9.17) is 43.1 Å². The average molecular weight is 641 g/mol. The molecule has 2 atom stereocenters. The summed E-state index contributed by atoms with van der Waals surface area (Å²) in [7, 11) is 4.50. The summed E-state index contributed by atoms with van der Waals surface area (Å²) >= 11 is 1.25. The number of rotatable bonds is 11. The number of methoxy groups -OCH3 is 3. The van der Waals surface area contributed by atoms with Gasteiger partial charge in [0, 0.05) is 32.3 Å². The van der Waals surface area contributed by atoms with Crippen LogP contribution in [0.5, 0.6) is 0 Å². The Bertz CT molecular complexity index is 1540. The number of hydrogen-bond donors (Lipinski definition) is 0. The standard InChI is InChI=1S/C31H36N4O9S/c1-7-41-27(36)22-17-45-26(33-22)20-13-14-21(28(38-4)39-5)32-24(20)31(40-6)18-43-25(34-31)23-16-44-30(2,3)35(23)29(37)42-15-19-11-9-8-10-12-19/h8-14,17,23,28H,7,15-16,18H2,1-6H3/t23-,31?/m0/s1. The van der Waals surface area contributed by atoms with Crippen molar-refractivity contribution in [2.45, 2.75) is 51.2 Å². The molecular formula is C31H36N4O9S. The fourth-order valence-electron chi connectivity index (χ4n) is 5.14. The van der Waals surface area contributed by atoms with Gasteiger partial charge in [0.25, 0.3) is 0 Å². The van der Waals surface area contributed by atoms with Gasteiger partial charge in [-0.3, -0.25) is 4.90 Å². The van der Waals surface area contributed by atoms with E-state index >= 15 is 0 Å². The fraction of sp³-hybridized carbons (Fsp3) is 0.452. The quantitative estimate of drug-likeness (QED) is 0.213. The molecule has 0 saturated carbocycles. The zero-order valence-corrected chi connectivity index (χ0v) is 26.8. The first-order valence-corrected chi connectivity index (χ1v) is 15.2. The second-order valence-electron chi connectivity index (χ2n) is 10.6. The monoisotopic (exact) mass is 640 g/mol. The predicted molar refractivity (Wildman–Crippen MR) is 162 cm³/mol. The SMILES string of the molecule is CCOC(=O)c1csc(-c2ccc(C(OC)OC)nc2C2(OC)COC([C@@H]3COC(C)(C)N3C(=O)OCc3ccccc3)=N2)n1. The lowest BCUT2D eigenvalue weighted by molar-refractivity contribution is -0.109. The second kappa shape index (κ2) is 13.6. The van der Waals surface area contributed by atoms with E-state index in [1.807, 2.05) is 30.3 Å². The first kappa shape index (κ1) is 32.4. The van der Waals surface area contributed by atoms with Crippen molar-refractivity contribution >= 4 is 29.3 Å². The maximum Gasteiger partial charge on any atom is 0.413 e. The van der Waals surface area contributed by atoms with Gasteiger partial charge < -0.3 is 33.2 Å². The molecule has 13 nitrogen and oxygen atoms in total. The molecule has 4 heterocycles. The summed E-state index contributed by atoms with van der Waals surface area (Å²) in [5.41, 5.74) is -0.0507. The summed E-state index contributed by atoms with van der Waals surface area (Å²) in [4.78, 5) is 41.6. The van der Waals surface area contributed by atoms with Crippen LogP contribution in [0.3, 0.4) is 0 Å². The molecule has 1 unspecified atom stereocenters. The summed E-state index contributed by atoms with van der Waals surface area (Å²) in [6.45, 7) is 5.66. The number of benzene rings is 1. The van der Waals surface area contributed by atoms with Crippen molar-refractivity contribution in [1.29, 1.82) is 0 Å². The molecular weight excluding hydrogens is 604 g/mol. The minimum Gasteiger partial charge on any atom is -0.474 e. The number of amides is 1. The fourth-order valence-corrected chi connectivity index (χ4v) is 5.95. The molecule has 2 aliphatic rings. The molecule has 0 radical (unpaired) electrons. The van der Waals surface area contributed by atoms with Crippen LogP contribution in [0.1, 0.15) is 54.5 Å². The van der Waals surface area contributed by atoms with Crippen LogP contribution in [0.15, 0.2) is 52.8 Å². The number of carbonyl (C=O) groups is 2. The van der Waals surface area contributed by atoms with Gasteiger partial charge in [-0.05, 0) is 38.5 Å². The van der Waals surface area contributed by atoms with Crippen LogP contribution in [0, 0.1) is 0 Å². The van der Waals surface area contributed by atoms with Crippen molar-refractivity contribution in [2.24, 2.45) is 4.99 Å². The minimum atomic E-state index is -1.45. The highest BCUT2D eigenvalue weighted by Crippen LogP contribution is 2.41. The molecule has 240 valence electrons. The Morgan fingerprint density at radius 3 is 2.51 bits per heavy atom. The normalized spacial score (nSPS) is 20.6. The zero-order valence-electron chi connectivity index (χ0n) is 26.0. The molecule has 0 bridgehead atoms. The van der Waals surface area contributed by atoms with Gasteiger partial charge in [-0.25, -0.2) is 24.5 Å². The van der Waals surface area contributed by atoms with Crippen molar-refractivity contribution < 1.29 is 42.7 Å². The van der Waals surface area contributed by atoms with Crippen LogP contribution in [0.25, 0.3) is 10.6 Å². The molecule has 5 rings (SSSR count). The van der Waals surface area contributed by atoms with E-state index in [2.05, 4.69) is 4.98 Å². The highest BCUT2D eigenvalue weighted by molar-refractivity contribution is 7.13. The van der Waals surface area contributed by atoms with E-state index in [-0.39, 0.29) is 38.0 Å². The lowest BCUT2D eigenvalue weighted by atomic mass is 10.0. The molecule has 45 heavy (non-hydrogen) atoms. The Morgan fingerprint density at radius 2 is 1.82 bits per heavy atom. The van der Waals surface area contributed by atoms with Crippen LogP contribution in [-0.4, -0.2) is 85.7 Å². The predicted octanol–water partition coefficient (Wildman–Crippen LogP) is 4.67. The van der Waals surface area contributed by atoms with Gasteiger partial charge in [0.1, 0.15) is 35.7 Å². The van der Waals surface area contributed by atoms with E-state index in [0.29, 0.717) is 22.0 Å². The molecule has 1 fully saturated rings. The molecule has 1 saturated heterocycles. The van der Waals surface area contributed by atoms with Gasteiger partial charge in [0.05, 0.1) is 18.9 Å². The Morgan fingerprint density at radius 1 is 1.07 bits per heavy atom. The number of ether oxygens (including phenoxy) is 7. The number of hydrogen-bond acceptors (Lipinski definition) is 13. The molecule has 0 N–H and O–H groups in total. The van der Waals surface area contributed by atoms with Crippen molar-refractivity contribution in [3.05, 3.63) is 70.5 Å². The highest BCUT2D eigenvalue weighted by Gasteiger charge is 2.52. The summed E-state index contributed by atoms with van der Waals surface area (Å²) < 4.78 is 39.9. The van der Waals surface area contributed by atoms with Crippen LogP contribution in [-0.2, 0) is 45.5 Å². The average Bonchev–Trinajstić information content (AvgIpc) is 3.79. The second-order valence-corrected chi connectivity index (χ2v) is 11.5. The lowest BCUT2D eigenvalue weighted by Gasteiger charge is -2.32. The molecule has 1 amide bonds. The third kappa shape index (κ3) is 6.56. The van der Waals surface area contributed by atoms with E-state index in [0.717, 1.165) is 5.56 Å². The molecule has 2 aromatic heterocycles. The maximum atomic E-state index is 13.4. The van der Waals surface area contributed by atoms with Crippen LogP contribution in [0.2, 0.25) is 0 Å². The van der Waals surface area contributed by atoms with Gasteiger partial charge in [0.15, 0.2) is 5.69 Å². The Balaban J connectivity index is 1.52. The number of esters is 1. The smallest absolute Gasteiger partial charge is 0.413 e. The summed E-state index contributed by atoms with van der Waals surface area (Å²) in [6, 6.07) is 12.2. The number of thiazole rings is 1. The third-order valence-corrected chi connectivity index (χ3v) is 8.27. The first-order valence-electron chi connectivity index (χ1n) is 14.3. The molecule has 14 heteroatoms. The Labute approximate surface area is 265 Å². The van der Waals surface area contributed by atoms with Crippen LogP contribution >= 0.6 is 11.3 Å². The van der Waals surface area contributed by atoms with Crippen molar-refractivity contribution in [3.63, 3.8) is 0 Å². The largest absolute Gasteiger partial charge is 0.474 e. The first-order chi connectivity index (χ1) is 21.7. The number of pyridine rings is 1. The molecule has 1 aromatic carbocycles. The number of aromatic nitrogens is 2. The maximum absolute atomic E-state index is 13.4. The molecule has 0 aliphatic carbocycles. The molecule has 0 spiro atoms. The number of aliphatic imine (C=N–C) groups is 1.